The number of hydrogen-bond acceptors (Lipinski definition) is 6. The highest BCUT2D eigenvalue weighted by Crippen LogP contribution is 2.49. The largest absolute Gasteiger partial charge is 0.311 e. The van der Waals surface area contributed by atoms with Crippen LogP contribution in [-0.2, 0) is 0 Å². The van der Waals surface area contributed by atoms with Gasteiger partial charge < -0.3 is 14.4 Å². The molecule has 5 heterocycles. The lowest BCUT2D eigenvalue weighted by molar-refractivity contribution is 1.06. The second-order valence-electron chi connectivity index (χ2n) is 23.0. The molecule has 0 saturated heterocycles. The third kappa shape index (κ3) is 8.22. The molecule has 18 rings (SSSR count). The zero-order chi connectivity index (χ0) is 58.5. The van der Waals surface area contributed by atoms with Gasteiger partial charge in [0.1, 0.15) is 0 Å². The lowest BCUT2D eigenvalue weighted by Gasteiger charge is -2.44. The predicted molar refractivity (Wildman–Crippen MR) is 374 cm³/mol. The molecule has 2 aliphatic rings. The topological polar surface area (TPSA) is 50.1 Å². The van der Waals surface area contributed by atoms with E-state index in [4.69, 9.17) is 15.0 Å². The normalized spacial score (nSPS) is 12.4. The van der Waals surface area contributed by atoms with Crippen LogP contribution < -0.4 is 26.2 Å². The Morgan fingerprint density at radius 1 is 0.303 bits per heavy atom. The van der Waals surface area contributed by atoms with E-state index in [1.807, 2.05) is 47.7 Å². The van der Waals surface area contributed by atoms with Crippen molar-refractivity contribution in [3.63, 3.8) is 0 Å². The fourth-order valence-corrected chi connectivity index (χ4v) is 15.4. The van der Waals surface area contributed by atoms with E-state index in [0.717, 1.165) is 78.2 Å². The first kappa shape index (κ1) is 50.8. The van der Waals surface area contributed by atoms with Crippen molar-refractivity contribution in [1.29, 1.82) is 0 Å². The Balaban J connectivity index is 0.846. The van der Waals surface area contributed by atoms with Crippen molar-refractivity contribution >= 4 is 111 Å². The van der Waals surface area contributed by atoms with Crippen molar-refractivity contribution in [3.8, 4) is 73.2 Å². The molecule has 0 bridgehead atoms. The van der Waals surface area contributed by atoms with Crippen LogP contribution in [0.3, 0.4) is 0 Å². The standard InChI is InChI=1S/C81H51BN6S/c1-5-24-52(25-6-1)79-83-80(53-26-7-2-8-27-53)85-81(84-79)65-39-23-38-61(77(65)88-68-42-17-13-37-64(68)75-71(88)47-46-63-62-36-14-20-45-74(62)89-78(63)75)57-31-22-29-55(49-57)54-28-21-30-56(48-54)58-50-72-76-73(51-58)87(60-34-11-4-12-35-60)70-44-19-16-41-67(70)82(76)66-40-15-18-43-69(66)86(72)59-32-9-3-10-33-59/h1-51H. The monoisotopic (exact) mass is 1150 g/mol. The maximum atomic E-state index is 5.42. The molecule has 6 nitrogen and oxygen atoms in total. The highest BCUT2D eigenvalue weighted by Gasteiger charge is 2.43. The number of thiophene rings is 1. The van der Waals surface area contributed by atoms with Gasteiger partial charge in [-0.15, -0.1) is 11.3 Å². The summed E-state index contributed by atoms with van der Waals surface area (Å²) >= 11 is 1.87. The van der Waals surface area contributed by atoms with Gasteiger partial charge in [-0.3, -0.25) is 0 Å². The number of hydrogen-bond donors (Lipinski definition) is 0. The van der Waals surface area contributed by atoms with E-state index < -0.39 is 0 Å². The van der Waals surface area contributed by atoms with Crippen LogP contribution in [0.4, 0.5) is 34.1 Å². The SMILES string of the molecule is c1ccc(-c2nc(-c3ccccc3)nc(-c3cccc(-c4cccc(-c5cccc(-c6cc7c8c(c6)N(c6ccccc6)c6ccccc6B8c6ccccc6N7c6ccccc6)c5)c4)c3-n3c4ccccc4c4c5sc6ccccc6c5ccc43)n2)cc1. The summed E-state index contributed by atoms with van der Waals surface area (Å²) in [5.74, 6) is 1.81. The molecule has 0 N–H and O–H groups in total. The van der Waals surface area contributed by atoms with E-state index in [2.05, 4.69) is 287 Å². The molecule has 0 amide bonds. The summed E-state index contributed by atoms with van der Waals surface area (Å²) in [7, 11) is 0. The van der Waals surface area contributed by atoms with Crippen LogP contribution in [-0.4, -0.2) is 26.2 Å². The summed E-state index contributed by atoms with van der Waals surface area (Å²) in [5.41, 5.74) is 23.4. The van der Waals surface area contributed by atoms with E-state index >= 15 is 0 Å². The third-order valence-corrected chi connectivity index (χ3v) is 19.2. The van der Waals surface area contributed by atoms with Gasteiger partial charge in [-0.1, -0.05) is 224 Å². The molecule has 0 spiro atoms. The Kier molecular flexibility index (Phi) is 11.8. The molecule has 0 radical (unpaired) electrons. The number of fused-ring (bicyclic) bond motifs is 11. The van der Waals surface area contributed by atoms with Gasteiger partial charge in [0.25, 0.3) is 6.71 Å². The zero-order valence-corrected chi connectivity index (χ0v) is 48.9. The molecule has 414 valence electrons. The second-order valence-corrected chi connectivity index (χ2v) is 24.1. The van der Waals surface area contributed by atoms with Gasteiger partial charge in [0.2, 0.25) is 0 Å². The Labute approximate surface area is 519 Å². The number of benzene rings is 13. The van der Waals surface area contributed by atoms with Crippen molar-refractivity contribution < 1.29 is 0 Å². The van der Waals surface area contributed by atoms with Gasteiger partial charge in [0, 0.05) is 87.3 Å². The smallest absolute Gasteiger partial charge is 0.252 e. The van der Waals surface area contributed by atoms with Crippen LogP contribution in [0.15, 0.2) is 309 Å². The first-order chi connectivity index (χ1) is 44.2. The highest BCUT2D eigenvalue weighted by molar-refractivity contribution is 7.26. The maximum Gasteiger partial charge on any atom is 0.252 e. The van der Waals surface area contributed by atoms with Gasteiger partial charge >= 0.3 is 0 Å². The van der Waals surface area contributed by atoms with Gasteiger partial charge in [0.15, 0.2) is 17.5 Å². The lowest BCUT2D eigenvalue weighted by Crippen LogP contribution is -2.61. The molecule has 16 aromatic rings. The number of rotatable bonds is 9. The maximum absolute atomic E-state index is 5.42. The molecule has 0 fully saturated rings. The molecule has 89 heavy (non-hydrogen) atoms. The van der Waals surface area contributed by atoms with Crippen LogP contribution in [0.1, 0.15) is 0 Å². The van der Waals surface area contributed by atoms with Crippen molar-refractivity contribution in [2.24, 2.45) is 0 Å². The van der Waals surface area contributed by atoms with Crippen molar-refractivity contribution in [2.45, 2.75) is 0 Å². The Hall–Kier alpha value is -11.4. The van der Waals surface area contributed by atoms with Crippen LogP contribution in [0, 0.1) is 0 Å². The first-order valence-corrected chi connectivity index (χ1v) is 31.1. The molecule has 3 aromatic heterocycles. The Morgan fingerprint density at radius 3 is 1.40 bits per heavy atom. The average molecular weight is 1150 g/mol. The Bertz CT molecular complexity index is 5300. The summed E-state index contributed by atoms with van der Waals surface area (Å²) in [5, 5.41) is 4.96. The number of aromatic nitrogens is 4. The van der Waals surface area contributed by atoms with E-state index in [-0.39, 0.29) is 6.71 Å². The summed E-state index contributed by atoms with van der Waals surface area (Å²) in [6.07, 6.45) is 0. The van der Waals surface area contributed by atoms with Gasteiger partial charge in [-0.05, 0) is 129 Å². The molecule has 0 atom stereocenters. The third-order valence-electron chi connectivity index (χ3n) is 18.0. The summed E-state index contributed by atoms with van der Waals surface area (Å²) in [6.45, 7) is 0.0279. The quantitative estimate of drug-likeness (QED) is 0.135. The zero-order valence-electron chi connectivity index (χ0n) is 48.1. The second kappa shape index (κ2) is 20.6. The molecule has 0 saturated carbocycles. The molecule has 13 aromatic carbocycles. The van der Waals surface area contributed by atoms with Gasteiger partial charge in [-0.2, -0.15) is 0 Å². The van der Waals surface area contributed by atoms with Crippen molar-refractivity contribution in [2.75, 3.05) is 9.80 Å². The van der Waals surface area contributed by atoms with E-state index in [1.54, 1.807) is 0 Å². The fourth-order valence-electron chi connectivity index (χ4n) is 14.1. The number of anilines is 6. The van der Waals surface area contributed by atoms with Crippen LogP contribution in [0.5, 0.6) is 0 Å². The average Bonchev–Trinajstić information content (AvgIpc) is 1.70. The fraction of sp³-hybridized carbons (Fsp3) is 0. The highest BCUT2D eigenvalue weighted by atomic mass is 32.1. The molecule has 8 heteroatoms. The minimum absolute atomic E-state index is 0.0279. The predicted octanol–water partition coefficient (Wildman–Crippen LogP) is 19.4. The van der Waals surface area contributed by atoms with E-state index in [9.17, 15) is 0 Å². The number of nitrogens with zero attached hydrogens (tertiary/aromatic N) is 6. The summed E-state index contributed by atoms with van der Waals surface area (Å²) in [6, 6.07) is 112. The molecule has 0 unspecified atom stereocenters. The van der Waals surface area contributed by atoms with E-state index in [1.165, 1.54) is 70.1 Å². The van der Waals surface area contributed by atoms with Crippen molar-refractivity contribution in [3.05, 3.63) is 309 Å². The first-order valence-electron chi connectivity index (χ1n) is 30.3. The van der Waals surface area contributed by atoms with Gasteiger partial charge in [-0.25, -0.2) is 15.0 Å². The molecular formula is C81H51BN6S. The van der Waals surface area contributed by atoms with Crippen LogP contribution in [0.2, 0.25) is 0 Å². The molecule has 2 aliphatic heterocycles. The number of para-hydroxylation sites is 6. The molecular weight excluding hydrogens is 1100 g/mol. The molecule has 0 aliphatic carbocycles. The van der Waals surface area contributed by atoms with Crippen LogP contribution in [0.25, 0.3) is 115 Å². The van der Waals surface area contributed by atoms with Gasteiger partial charge in [0.05, 0.1) is 16.7 Å². The summed E-state index contributed by atoms with van der Waals surface area (Å²) < 4.78 is 5.02. The van der Waals surface area contributed by atoms with E-state index in [0.29, 0.717) is 17.5 Å². The minimum Gasteiger partial charge on any atom is -0.311 e. The van der Waals surface area contributed by atoms with Crippen molar-refractivity contribution in [1.82, 2.24) is 19.5 Å². The van der Waals surface area contributed by atoms with Crippen LogP contribution >= 0.6 is 11.3 Å². The summed E-state index contributed by atoms with van der Waals surface area (Å²) in [4.78, 5) is 21.0. The lowest BCUT2D eigenvalue weighted by atomic mass is 9.33. The minimum atomic E-state index is 0.0279. The Morgan fingerprint density at radius 2 is 0.775 bits per heavy atom.